The SMILES string of the molecule is O=S(=O)(NCc1nccn1Cc1ccccc1)c1cccs1. The van der Waals surface area contributed by atoms with Gasteiger partial charge in [0.05, 0.1) is 6.54 Å². The first-order valence-corrected chi connectivity index (χ1v) is 9.08. The van der Waals surface area contributed by atoms with Gasteiger partial charge in [-0.25, -0.2) is 18.1 Å². The van der Waals surface area contributed by atoms with E-state index in [9.17, 15) is 8.42 Å². The van der Waals surface area contributed by atoms with Gasteiger partial charge in [0.2, 0.25) is 10.0 Å². The maximum Gasteiger partial charge on any atom is 0.250 e. The van der Waals surface area contributed by atoms with E-state index in [0.29, 0.717) is 16.6 Å². The molecule has 0 saturated heterocycles. The summed E-state index contributed by atoms with van der Waals surface area (Å²) in [5.41, 5.74) is 1.14. The zero-order valence-electron chi connectivity index (χ0n) is 11.7. The summed E-state index contributed by atoms with van der Waals surface area (Å²) in [5, 5.41) is 1.74. The van der Waals surface area contributed by atoms with Crippen molar-refractivity contribution in [3.63, 3.8) is 0 Å². The largest absolute Gasteiger partial charge is 0.329 e. The molecule has 1 aromatic carbocycles. The van der Waals surface area contributed by atoms with E-state index in [2.05, 4.69) is 9.71 Å². The number of hydrogen-bond acceptors (Lipinski definition) is 4. The van der Waals surface area contributed by atoms with Crippen LogP contribution >= 0.6 is 11.3 Å². The van der Waals surface area contributed by atoms with Gasteiger partial charge in [-0.2, -0.15) is 0 Å². The number of rotatable bonds is 6. The lowest BCUT2D eigenvalue weighted by atomic mass is 10.2. The Hall–Kier alpha value is -1.96. The van der Waals surface area contributed by atoms with Crippen LogP contribution in [0.25, 0.3) is 0 Å². The molecule has 22 heavy (non-hydrogen) atoms. The van der Waals surface area contributed by atoms with Gasteiger partial charge in [-0.1, -0.05) is 36.4 Å². The lowest BCUT2D eigenvalue weighted by Gasteiger charge is -2.09. The van der Waals surface area contributed by atoms with Crippen molar-refractivity contribution >= 4 is 21.4 Å². The Morgan fingerprint density at radius 3 is 2.68 bits per heavy atom. The lowest BCUT2D eigenvalue weighted by molar-refractivity contribution is 0.578. The number of thiophene rings is 1. The van der Waals surface area contributed by atoms with Crippen LogP contribution in [-0.2, 0) is 23.1 Å². The zero-order valence-corrected chi connectivity index (χ0v) is 13.3. The fourth-order valence-electron chi connectivity index (χ4n) is 2.08. The maximum atomic E-state index is 12.1. The first-order chi connectivity index (χ1) is 10.6. The number of hydrogen-bond donors (Lipinski definition) is 1. The van der Waals surface area contributed by atoms with Crippen molar-refractivity contribution in [2.45, 2.75) is 17.3 Å². The first-order valence-electron chi connectivity index (χ1n) is 6.72. The molecule has 0 spiro atoms. The van der Waals surface area contributed by atoms with Crippen LogP contribution in [0.4, 0.5) is 0 Å². The minimum absolute atomic E-state index is 0.167. The van der Waals surface area contributed by atoms with Crippen LogP contribution in [0.2, 0.25) is 0 Å². The highest BCUT2D eigenvalue weighted by Crippen LogP contribution is 2.15. The Morgan fingerprint density at radius 1 is 1.14 bits per heavy atom. The smallest absolute Gasteiger partial charge is 0.250 e. The standard InChI is InChI=1S/C15H15N3O2S2/c19-22(20,15-7-4-10-21-15)17-11-14-16-8-9-18(14)12-13-5-2-1-3-6-13/h1-10,17H,11-12H2. The van der Waals surface area contributed by atoms with Gasteiger partial charge in [-0.05, 0) is 17.0 Å². The molecule has 0 aliphatic rings. The maximum absolute atomic E-state index is 12.1. The Bertz CT molecular complexity index is 825. The Balaban J connectivity index is 1.71. The fraction of sp³-hybridized carbons (Fsp3) is 0.133. The van der Waals surface area contributed by atoms with E-state index in [-0.39, 0.29) is 6.54 Å². The zero-order chi connectivity index (χ0) is 15.4. The molecule has 1 N–H and O–H groups in total. The fourth-order valence-corrected chi connectivity index (χ4v) is 4.10. The van der Waals surface area contributed by atoms with E-state index in [1.165, 1.54) is 11.3 Å². The highest BCUT2D eigenvalue weighted by molar-refractivity contribution is 7.91. The molecule has 0 amide bonds. The minimum Gasteiger partial charge on any atom is -0.329 e. The van der Waals surface area contributed by atoms with Crippen molar-refractivity contribution in [1.29, 1.82) is 0 Å². The minimum atomic E-state index is -3.47. The summed E-state index contributed by atoms with van der Waals surface area (Å²) in [5.74, 6) is 0.684. The number of sulfonamides is 1. The van der Waals surface area contributed by atoms with Crippen LogP contribution in [0, 0.1) is 0 Å². The molecule has 2 heterocycles. The molecule has 0 saturated carbocycles. The van der Waals surface area contributed by atoms with Crippen LogP contribution in [0.5, 0.6) is 0 Å². The average molecular weight is 333 g/mol. The highest BCUT2D eigenvalue weighted by atomic mass is 32.2. The number of nitrogens with one attached hydrogen (secondary N) is 1. The van der Waals surface area contributed by atoms with Gasteiger partial charge in [0.1, 0.15) is 10.0 Å². The third-order valence-electron chi connectivity index (χ3n) is 3.18. The van der Waals surface area contributed by atoms with Crippen LogP contribution in [0.15, 0.2) is 64.4 Å². The van der Waals surface area contributed by atoms with E-state index in [1.54, 1.807) is 23.7 Å². The molecule has 7 heteroatoms. The van der Waals surface area contributed by atoms with Gasteiger partial charge in [-0.15, -0.1) is 11.3 Å². The van der Waals surface area contributed by atoms with E-state index < -0.39 is 10.0 Å². The summed E-state index contributed by atoms with van der Waals surface area (Å²) in [6, 6.07) is 13.3. The second-order valence-electron chi connectivity index (χ2n) is 4.71. The van der Waals surface area contributed by atoms with Gasteiger partial charge >= 0.3 is 0 Å². The summed E-state index contributed by atoms with van der Waals surface area (Å²) in [7, 11) is -3.47. The van der Waals surface area contributed by atoms with Crippen molar-refractivity contribution < 1.29 is 8.42 Å². The second kappa shape index (κ2) is 6.43. The van der Waals surface area contributed by atoms with Crippen molar-refractivity contribution in [1.82, 2.24) is 14.3 Å². The first kappa shape index (κ1) is 15.0. The van der Waals surface area contributed by atoms with Gasteiger partial charge in [0.25, 0.3) is 0 Å². The second-order valence-corrected chi connectivity index (χ2v) is 7.66. The molecule has 3 rings (SSSR count). The Kier molecular flexibility index (Phi) is 4.37. The molecule has 0 bridgehead atoms. The number of imidazole rings is 1. The molecular formula is C15H15N3O2S2. The van der Waals surface area contributed by atoms with Crippen LogP contribution in [0.1, 0.15) is 11.4 Å². The molecule has 0 aliphatic heterocycles. The molecule has 0 aliphatic carbocycles. The Morgan fingerprint density at radius 2 is 1.95 bits per heavy atom. The third-order valence-corrected chi connectivity index (χ3v) is 5.98. The van der Waals surface area contributed by atoms with Gasteiger partial charge < -0.3 is 4.57 Å². The van der Waals surface area contributed by atoms with E-state index in [1.807, 2.05) is 41.1 Å². The normalized spacial score (nSPS) is 11.6. The summed E-state index contributed by atoms with van der Waals surface area (Å²) in [6.07, 6.45) is 3.53. The molecule has 5 nitrogen and oxygen atoms in total. The predicted molar refractivity (Wildman–Crippen MR) is 86.1 cm³/mol. The van der Waals surface area contributed by atoms with Gasteiger partial charge in [0.15, 0.2) is 0 Å². The van der Waals surface area contributed by atoms with Gasteiger partial charge in [-0.3, -0.25) is 0 Å². The molecular weight excluding hydrogens is 318 g/mol. The van der Waals surface area contributed by atoms with Crippen molar-refractivity contribution in [3.05, 3.63) is 71.6 Å². The molecule has 114 valence electrons. The average Bonchev–Trinajstić information content (AvgIpc) is 3.18. The van der Waals surface area contributed by atoms with Crippen molar-refractivity contribution in [2.75, 3.05) is 0 Å². The predicted octanol–water partition coefficient (Wildman–Crippen LogP) is 2.47. The number of benzene rings is 1. The summed E-state index contributed by atoms with van der Waals surface area (Å²) in [4.78, 5) is 4.24. The quantitative estimate of drug-likeness (QED) is 0.754. The summed E-state index contributed by atoms with van der Waals surface area (Å²) in [6.45, 7) is 0.830. The molecule has 2 aromatic heterocycles. The third kappa shape index (κ3) is 3.44. The van der Waals surface area contributed by atoms with Crippen LogP contribution < -0.4 is 4.72 Å². The van der Waals surface area contributed by atoms with Crippen molar-refractivity contribution in [3.8, 4) is 0 Å². The number of nitrogens with zero attached hydrogens (tertiary/aromatic N) is 2. The van der Waals surface area contributed by atoms with E-state index >= 15 is 0 Å². The topological polar surface area (TPSA) is 64.0 Å². The number of aromatic nitrogens is 2. The van der Waals surface area contributed by atoms with Crippen molar-refractivity contribution in [2.24, 2.45) is 0 Å². The van der Waals surface area contributed by atoms with E-state index in [4.69, 9.17) is 0 Å². The van der Waals surface area contributed by atoms with E-state index in [0.717, 1.165) is 5.56 Å². The molecule has 0 radical (unpaired) electrons. The summed E-state index contributed by atoms with van der Waals surface area (Å²) < 4.78 is 29.1. The van der Waals surface area contributed by atoms with Crippen LogP contribution in [0.3, 0.4) is 0 Å². The molecule has 3 aromatic rings. The molecule has 0 unspecified atom stereocenters. The monoisotopic (exact) mass is 333 g/mol. The van der Waals surface area contributed by atoms with Crippen LogP contribution in [-0.4, -0.2) is 18.0 Å². The van der Waals surface area contributed by atoms with Gasteiger partial charge in [0, 0.05) is 18.9 Å². The highest BCUT2D eigenvalue weighted by Gasteiger charge is 2.15. The Labute approximate surface area is 133 Å². The molecule has 0 atom stereocenters. The summed E-state index contributed by atoms with van der Waals surface area (Å²) >= 11 is 1.20. The molecule has 0 fully saturated rings. The lowest BCUT2D eigenvalue weighted by Crippen LogP contribution is -2.24.